The van der Waals surface area contributed by atoms with E-state index in [0.29, 0.717) is 35.8 Å². The Balaban J connectivity index is 1.71. The molecule has 0 aromatic heterocycles. The van der Waals surface area contributed by atoms with Crippen LogP contribution in [0.25, 0.3) is 0 Å². The third-order valence-corrected chi connectivity index (χ3v) is 6.55. The molecule has 0 bridgehead atoms. The van der Waals surface area contributed by atoms with Crippen molar-refractivity contribution >= 4 is 15.7 Å². The summed E-state index contributed by atoms with van der Waals surface area (Å²) in [4.78, 5) is 14.5. The number of carbonyl (C=O) groups is 1. The van der Waals surface area contributed by atoms with Crippen LogP contribution in [0.4, 0.5) is 0 Å². The SMILES string of the molecule is CCOc1ccc(C(=O)N2CCC(S(=O)(=O)c3ccccc3)C2)cc1. The van der Waals surface area contributed by atoms with Crippen molar-refractivity contribution in [3.63, 3.8) is 0 Å². The topological polar surface area (TPSA) is 63.7 Å². The Labute approximate surface area is 148 Å². The van der Waals surface area contributed by atoms with Crippen molar-refractivity contribution in [1.29, 1.82) is 0 Å². The van der Waals surface area contributed by atoms with Gasteiger partial charge in [0.1, 0.15) is 5.75 Å². The maximum Gasteiger partial charge on any atom is 0.253 e. The van der Waals surface area contributed by atoms with E-state index in [-0.39, 0.29) is 12.5 Å². The van der Waals surface area contributed by atoms with Crippen molar-refractivity contribution in [2.75, 3.05) is 19.7 Å². The second-order valence-corrected chi connectivity index (χ2v) is 8.21. The van der Waals surface area contributed by atoms with Gasteiger partial charge in [0, 0.05) is 18.7 Å². The Kier molecular flexibility index (Phi) is 5.08. The fourth-order valence-corrected chi connectivity index (χ4v) is 4.72. The number of hydrogen-bond donors (Lipinski definition) is 0. The van der Waals surface area contributed by atoms with Gasteiger partial charge in [0.25, 0.3) is 5.91 Å². The molecule has 2 aromatic carbocycles. The summed E-state index contributed by atoms with van der Waals surface area (Å²) in [6, 6.07) is 15.4. The Morgan fingerprint density at radius 3 is 2.44 bits per heavy atom. The Morgan fingerprint density at radius 1 is 1.12 bits per heavy atom. The minimum Gasteiger partial charge on any atom is -0.494 e. The second-order valence-electron chi connectivity index (χ2n) is 5.98. The van der Waals surface area contributed by atoms with Crippen molar-refractivity contribution in [2.24, 2.45) is 0 Å². The maximum absolute atomic E-state index is 12.7. The van der Waals surface area contributed by atoms with Crippen molar-refractivity contribution in [3.8, 4) is 5.75 Å². The first kappa shape index (κ1) is 17.5. The molecule has 1 saturated heterocycles. The summed E-state index contributed by atoms with van der Waals surface area (Å²) in [5, 5.41) is -0.554. The van der Waals surface area contributed by atoms with E-state index in [1.807, 2.05) is 6.92 Å². The number of hydrogen-bond acceptors (Lipinski definition) is 4. The van der Waals surface area contributed by atoms with Crippen LogP contribution in [0, 0.1) is 0 Å². The number of ether oxygens (including phenoxy) is 1. The predicted octanol–water partition coefficient (Wildman–Crippen LogP) is 2.77. The summed E-state index contributed by atoms with van der Waals surface area (Å²) in [7, 11) is -3.42. The van der Waals surface area contributed by atoms with E-state index < -0.39 is 15.1 Å². The first-order valence-electron chi connectivity index (χ1n) is 8.33. The number of carbonyl (C=O) groups excluding carboxylic acids is 1. The Bertz CT molecular complexity index is 831. The molecule has 1 heterocycles. The molecule has 0 spiro atoms. The zero-order valence-corrected chi connectivity index (χ0v) is 14.9. The molecule has 132 valence electrons. The summed E-state index contributed by atoms with van der Waals surface area (Å²) < 4.78 is 30.8. The van der Waals surface area contributed by atoms with E-state index in [9.17, 15) is 13.2 Å². The van der Waals surface area contributed by atoms with E-state index in [4.69, 9.17) is 4.74 Å². The van der Waals surface area contributed by atoms with E-state index in [2.05, 4.69) is 0 Å². The monoisotopic (exact) mass is 359 g/mol. The normalized spacial score (nSPS) is 17.5. The van der Waals surface area contributed by atoms with Crippen LogP contribution in [0.1, 0.15) is 23.7 Å². The van der Waals surface area contributed by atoms with Gasteiger partial charge >= 0.3 is 0 Å². The van der Waals surface area contributed by atoms with Gasteiger partial charge in [-0.15, -0.1) is 0 Å². The lowest BCUT2D eigenvalue weighted by atomic mass is 10.2. The molecule has 0 saturated carbocycles. The lowest BCUT2D eigenvalue weighted by Crippen LogP contribution is -2.31. The van der Waals surface area contributed by atoms with Crippen LogP contribution in [0.3, 0.4) is 0 Å². The molecule has 2 aromatic rings. The van der Waals surface area contributed by atoms with Crippen molar-refractivity contribution in [1.82, 2.24) is 4.90 Å². The van der Waals surface area contributed by atoms with Gasteiger partial charge in [-0.2, -0.15) is 0 Å². The van der Waals surface area contributed by atoms with Crippen LogP contribution in [-0.2, 0) is 9.84 Å². The molecule has 1 atom stereocenters. The van der Waals surface area contributed by atoms with E-state index in [1.165, 1.54) is 0 Å². The largest absolute Gasteiger partial charge is 0.494 e. The third-order valence-electron chi connectivity index (χ3n) is 4.36. The average molecular weight is 359 g/mol. The van der Waals surface area contributed by atoms with Crippen LogP contribution in [0.5, 0.6) is 5.75 Å². The molecule has 1 aliphatic heterocycles. The summed E-state index contributed by atoms with van der Waals surface area (Å²) in [6.45, 7) is 3.14. The van der Waals surface area contributed by atoms with Gasteiger partial charge in [-0.05, 0) is 49.7 Å². The van der Waals surface area contributed by atoms with Gasteiger partial charge in [0.05, 0.1) is 16.8 Å². The number of sulfone groups is 1. The molecule has 0 aliphatic carbocycles. The molecule has 0 N–H and O–H groups in total. The van der Waals surface area contributed by atoms with E-state index in [1.54, 1.807) is 59.5 Å². The Hall–Kier alpha value is -2.34. The predicted molar refractivity (Wildman–Crippen MR) is 95.5 cm³/mol. The van der Waals surface area contributed by atoms with E-state index in [0.717, 1.165) is 0 Å². The summed E-state index contributed by atoms with van der Waals surface area (Å²) in [6.07, 6.45) is 0.458. The molecule has 6 heteroatoms. The molecule has 5 nitrogen and oxygen atoms in total. The van der Waals surface area contributed by atoms with Crippen LogP contribution in [0.2, 0.25) is 0 Å². The van der Waals surface area contributed by atoms with Gasteiger partial charge in [-0.25, -0.2) is 8.42 Å². The highest BCUT2D eigenvalue weighted by atomic mass is 32.2. The number of amides is 1. The van der Waals surface area contributed by atoms with Crippen LogP contribution in [0.15, 0.2) is 59.5 Å². The van der Waals surface area contributed by atoms with Gasteiger partial charge in [-0.3, -0.25) is 4.79 Å². The molecular weight excluding hydrogens is 338 g/mol. The number of nitrogens with zero attached hydrogens (tertiary/aromatic N) is 1. The molecular formula is C19H21NO4S. The number of likely N-dealkylation sites (tertiary alicyclic amines) is 1. The number of benzene rings is 2. The van der Waals surface area contributed by atoms with Crippen LogP contribution in [-0.4, -0.2) is 44.2 Å². The number of rotatable bonds is 5. The lowest BCUT2D eigenvalue weighted by molar-refractivity contribution is 0.0793. The zero-order chi connectivity index (χ0) is 17.9. The maximum atomic E-state index is 12.7. The summed E-state index contributed by atoms with van der Waals surface area (Å²) in [5.74, 6) is 0.568. The molecule has 1 aliphatic rings. The molecule has 1 amide bonds. The highest BCUT2D eigenvalue weighted by Crippen LogP contribution is 2.25. The standard InChI is InChI=1S/C19H21NO4S/c1-2-24-16-10-8-15(9-11-16)19(21)20-13-12-18(14-20)25(22,23)17-6-4-3-5-7-17/h3-11,18H,2,12-14H2,1H3. The van der Waals surface area contributed by atoms with E-state index >= 15 is 0 Å². The fourth-order valence-electron chi connectivity index (χ4n) is 3.01. The van der Waals surface area contributed by atoms with Crippen LogP contribution >= 0.6 is 0 Å². The van der Waals surface area contributed by atoms with Gasteiger partial charge in [-0.1, -0.05) is 18.2 Å². The molecule has 25 heavy (non-hydrogen) atoms. The molecule has 0 radical (unpaired) electrons. The lowest BCUT2D eigenvalue weighted by Gasteiger charge is -2.17. The van der Waals surface area contributed by atoms with Crippen LogP contribution < -0.4 is 4.74 Å². The molecule has 1 fully saturated rings. The van der Waals surface area contributed by atoms with Gasteiger partial charge < -0.3 is 9.64 Å². The van der Waals surface area contributed by atoms with Crippen molar-refractivity contribution in [2.45, 2.75) is 23.5 Å². The first-order chi connectivity index (χ1) is 12.0. The average Bonchev–Trinajstić information content (AvgIpc) is 3.14. The van der Waals surface area contributed by atoms with Crippen molar-refractivity contribution in [3.05, 3.63) is 60.2 Å². The van der Waals surface area contributed by atoms with Crippen molar-refractivity contribution < 1.29 is 17.9 Å². The van der Waals surface area contributed by atoms with Gasteiger partial charge in [0.15, 0.2) is 9.84 Å². The summed E-state index contributed by atoms with van der Waals surface area (Å²) in [5.41, 5.74) is 0.543. The second kappa shape index (κ2) is 7.27. The molecule has 1 unspecified atom stereocenters. The van der Waals surface area contributed by atoms with Gasteiger partial charge in [0.2, 0.25) is 0 Å². The zero-order valence-electron chi connectivity index (χ0n) is 14.1. The first-order valence-corrected chi connectivity index (χ1v) is 9.88. The third kappa shape index (κ3) is 3.69. The minimum absolute atomic E-state index is 0.145. The minimum atomic E-state index is -3.42. The quantitative estimate of drug-likeness (QED) is 0.823. The summed E-state index contributed by atoms with van der Waals surface area (Å²) >= 11 is 0. The highest BCUT2D eigenvalue weighted by Gasteiger charge is 2.36. The smallest absolute Gasteiger partial charge is 0.253 e. The Morgan fingerprint density at radius 2 is 1.80 bits per heavy atom. The fraction of sp³-hybridized carbons (Fsp3) is 0.316. The molecule has 3 rings (SSSR count). The highest BCUT2D eigenvalue weighted by molar-refractivity contribution is 7.92.